The van der Waals surface area contributed by atoms with Crippen LogP contribution in [-0.4, -0.2) is 118 Å². The average molecular weight is 879 g/mol. The first kappa shape index (κ1) is 52.4. The third-order valence-electron chi connectivity index (χ3n) is 12.8. The highest BCUT2D eigenvalue weighted by Crippen LogP contribution is 2.52. The first-order valence-corrected chi connectivity index (χ1v) is 21.3. The second-order valence-electron chi connectivity index (χ2n) is 18.8. The Morgan fingerprint density at radius 1 is 0.855 bits per heavy atom. The van der Waals surface area contributed by atoms with E-state index < -0.39 is 107 Å². The molecule has 0 spiro atoms. The number of rotatable bonds is 17. The van der Waals surface area contributed by atoms with E-state index in [4.69, 9.17) is 33.2 Å². The molecule has 1 aliphatic heterocycles. The predicted octanol–water partition coefficient (Wildman–Crippen LogP) is 4.92. The fraction of sp³-hybridized carbons (Fsp3) is 0.739. The summed E-state index contributed by atoms with van der Waals surface area (Å²) in [6, 6.07) is 0. The molecule has 2 fully saturated rings. The van der Waals surface area contributed by atoms with Crippen LogP contribution < -0.4 is 0 Å². The Morgan fingerprint density at radius 3 is 2.05 bits per heavy atom. The van der Waals surface area contributed by atoms with Gasteiger partial charge in [0.2, 0.25) is 0 Å². The molecule has 3 rings (SSSR count). The number of ether oxygens (including phenoxy) is 7. The maximum absolute atomic E-state index is 12.9. The van der Waals surface area contributed by atoms with Gasteiger partial charge in [0.1, 0.15) is 42.7 Å². The van der Waals surface area contributed by atoms with Crippen LogP contribution in [-0.2, 0) is 61.9 Å². The van der Waals surface area contributed by atoms with Gasteiger partial charge in [0.05, 0.1) is 11.7 Å². The van der Waals surface area contributed by atoms with Gasteiger partial charge in [-0.1, -0.05) is 39.3 Å². The van der Waals surface area contributed by atoms with Crippen LogP contribution in [0.2, 0.25) is 0 Å². The third-order valence-corrected chi connectivity index (χ3v) is 12.8. The average Bonchev–Trinajstić information content (AvgIpc) is 3.12. The number of hydrogen-bond donors (Lipinski definition) is 3. The lowest BCUT2D eigenvalue weighted by atomic mass is 9.58. The van der Waals surface area contributed by atoms with Gasteiger partial charge in [0, 0.05) is 58.3 Å². The van der Waals surface area contributed by atoms with Crippen LogP contribution in [0.25, 0.3) is 0 Å². The Kier molecular flexibility index (Phi) is 17.9. The van der Waals surface area contributed by atoms with Gasteiger partial charge in [-0.05, 0) is 89.0 Å². The van der Waals surface area contributed by atoms with Gasteiger partial charge in [-0.3, -0.25) is 28.8 Å². The number of carbonyl (C=O) groups is 6. The molecule has 3 aliphatic rings. The summed E-state index contributed by atoms with van der Waals surface area (Å²) in [5.41, 5.74) is -2.44. The van der Waals surface area contributed by atoms with E-state index in [-0.39, 0.29) is 31.1 Å². The number of aliphatic hydroxyl groups is 3. The molecular formula is C46H70O16. The minimum Gasteiger partial charge on any atom is -0.463 e. The Bertz CT molecular complexity index is 1740. The number of ketones is 1. The topological polar surface area (TPSA) is 228 Å². The molecule has 0 radical (unpaired) electrons. The molecule has 16 heteroatoms. The van der Waals surface area contributed by atoms with Crippen molar-refractivity contribution in [1.82, 2.24) is 0 Å². The molecule has 0 bridgehead atoms. The van der Waals surface area contributed by atoms with E-state index in [0.29, 0.717) is 31.3 Å². The molecule has 350 valence electrons. The molecule has 1 heterocycles. The highest BCUT2D eigenvalue weighted by molar-refractivity contribution is 5.96. The molecule has 2 aliphatic carbocycles. The number of allylic oxidation sites excluding steroid dienone is 2. The van der Waals surface area contributed by atoms with E-state index in [1.165, 1.54) is 39.8 Å². The fourth-order valence-corrected chi connectivity index (χ4v) is 9.49. The van der Waals surface area contributed by atoms with Crippen LogP contribution in [0, 0.1) is 22.7 Å². The highest BCUT2D eigenvalue weighted by Gasteiger charge is 2.56. The second kappa shape index (κ2) is 21.1. The van der Waals surface area contributed by atoms with Gasteiger partial charge in [-0.15, -0.1) is 0 Å². The Hall–Kier alpha value is -3.96. The summed E-state index contributed by atoms with van der Waals surface area (Å²) >= 11 is 0. The van der Waals surface area contributed by atoms with Crippen molar-refractivity contribution in [1.29, 1.82) is 0 Å². The summed E-state index contributed by atoms with van der Waals surface area (Å²) in [6.45, 7) is 20.5. The van der Waals surface area contributed by atoms with Crippen LogP contribution in [0.15, 0.2) is 35.5 Å². The van der Waals surface area contributed by atoms with E-state index >= 15 is 0 Å². The molecule has 62 heavy (non-hydrogen) atoms. The quantitative estimate of drug-likeness (QED) is 0.100. The van der Waals surface area contributed by atoms with Crippen LogP contribution in [0.1, 0.15) is 129 Å². The lowest BCUT2D eigenvalue weighted by molar-refractivity contribution is -0.329. The zero-order valence-electron chi connectivity index (χ0n) is 38.7. The zero-order chi connectivity index (χ0) is 47.1. The van der Waals surface area contributed by atoms with Crippen molar-refractivity contribution in [2.45, 2.75) is 189 Å². The predicted molar refractivity (Wildman–Crippen MR) is 224 cm³/mol. The molecule has 12 unspecified atom stereocenters. The van der Waals surface area contributed by atoms with Gasteiger partial charge in [0.25, 0.3) is 0 Å². The summed E-state index contributed by atoms with van der Waals surface area (Å²) in [5.74, 6) is -3.95. The largest absolute Gasteiger partial charge is 0.463 e. The lowest BCUT2D eigenvalue weighted by Gasteiger charge is -2.54. The Labute approximate surface area is 365 Å². The first-order chi connectivity index (χ1) is 28.5. The molecule has 0 aromatic carbocycles. The van der Waals surface area contributed by atoms with Crippen LogP contribution in [0.3, 0.4) is 0 Å². The molecule has 0 aromatic heterocycles. The third kappa shape index (κ3) is 13.5. The summed E-state index contributed by atoms with van der Waals surface area (Å²) in [6.07, 6.45) is -0.560. The van der Waals surface area contributed by atoms with Crippen molar-refractivity contribution < 1.29 is 77.2 Å². The summed E-state index contributed by atoms with van der Waals surface area (Å²) in [4.78, 5) is 73.6. The minimum atomic E-state index is -1.62. The zero-order valence-corrected chi connectivity index (χ0v) is 38.7. The van der Waals surface area contributed by atoms with Gasteiger partial charge < -0.3 is 48.5 Å². The summed E-state index contributed by atoms with van der Waals surface area (Å²) in [5, 5.41) is 33.1. The van der Waals surface area contributed by atoms with Crippen LogP contribution in [0.4, 0.5) is 0 Å². The summed E-state index contributed by atoms with van der Waals surface area (Å²) < 4.78 is 40.4. The van der Waals surface area contributed by atoms with E-state index in [2.05, 4.69) is 0 Å². The standard InChI is InChI=1S/C46H70O16/c1-25(14-16-32(57-28(4)48)22-26(2)33(58-29(5)49)23-36-43(8,9)37(52)18-20-45(36,12)55)15-17-35-44(10,11)38(19-21-46(35,13)62-31(7)51)61-42-41(59-30(6)50)40(54)39(53)34(60-42)24-56-27(3)47/h14,18,20,22,32-36,38-42,53-55H,15-17,19,21,23-24H2,1-13H3/b25-14+,26-22+. The number of esters is 5. The highest BCUT2D eigenvalue weighted by atomic mass is 16.7. The molecule has 1 saturated carbocycles. The smallest absolute Gasteiger partial charge is 0.303 e. The minimum absolute atomic E-state index is 0.136. The van der Waals surface area contributed by atoms with Crippen molar-refractivity contribution in [3.05, 3.63) is 35.5 Å². The molecule has 12 atom stereocenters. The van der Waals surface area contributed by atoms with Crippen molar-refractivity contribution in [2.24, 2.45) is 22.7 Å². The number of carbonyl (C=O) groups excluding carboxylic acids is 6. The van der Waals surface area contributed by atoms with Crippen molar-refractivity contribution in [2.75, 3.05) is 6.61 Å². The monoisotopic (exact) mass is 878 g/mol. The van der Waals surface area contributed by atoms with Gasteiger partial charge in [0.15, 0.2) is 18.2 Å². The van der Waals surface area contributed by atoms with E-state index in [0.717, 1.165) is 12.5 Å². The van der Waals surface area contributed by atoms with Gasteiger partial charge in [-0.2, -0.15) is 0 Å². The van der Waals surface area contributed by atoms with E-state index in [1.807, 2.05) is 33.8 Å². The fourth-order valence-electron chi connectivity index (χ4n) is 9.49. The van der Waals surface area contributed by atoms with E-state index in [1.54, 1.807) is 33.8 Å². The van der Waals surface area contributed by atoms with Crippen LogP contribution in [0.5, 0.6) is 0 Å². The maximum atomic E-state index is 12.9. The van der Waals surface area contributed by atoms with Crippen LogP contribution >= 0.6 is 0 Å². The molecule has 1 saturated heterocycles. The molecule has 0 amide bonds. The Balaban J connectivity index is 1.88. The van der Waals surface area contributed by atoms with Gasteiger partial charge >= 0.3 is 29.8 Å². The number of aliphatic hydroxyl groups excluding tert-OH is 2. The SMILES string of the molecule is CC(=O)OCC1OC(OC2CCC(C)(OC(C)=O)C(CC/C(C)=C/CC(/C=C(\C)C(CC3C(C)(O)C=CC(=O)C3(C)C)OC(C)=O)OC(C)=O)C2(C)C)C(OC(C)=O)C(O)C1O. The van der Waals surface area contributed by atoms with E-state index in [9.17, 15) is 44.1 Å². The normalized spacial score (nSPS) is 33.1. The molecule has 3 N–H and O–H groups in total. The van der Waals surface area contributed by atoms with Crippen molar-refractivity contribution in [3.63, 3.8) is 0 Å². The maximum Gasteiger partial charge on any atom is 0.303 e. The second-order valence-corrected chi connectivity index (χ2v) is 18.8. The number of hydrogen-bond acceptors (Lipinski definition) is 16. The molecule has 16 nitrogen and oxygen atoms in total. The first-order valence-electron chi connectivity index (χ1n) is 21.3. The lowest BCUT2D eigenvalue weighted by Crippen LogP contribution is -2.63. The van der Waals surface area contributed by atoms with Crippen molar-refractivity contribution >= 4 is 35.6 Å². The Morgan fingerprint density at radius 2 is 1.48 bits per heavy atom. The van der Waals surface area contributed by atoms with Crippen molar-refractivity contribution in [3.8, 4) is 0 Å². The van der Waals surface area contributed by atoms with Gasteiger partial charge in [-0.25, -0.2) is 0 Å². The summed E-state index contributed by atoms with van der Waals surface area (Å²) in [7, 11) is 0. The molecule has 0 aromatic rings. The molecular weight excluding hydrogens is 808 g/mol.